The molecule has 1 amide bonds. The first-order valence-electron chi connectivity index (χ1n) is 8.90. The maximum Gasteiger partial charge on any atom is 0.317 e. The molecule has 0 unspecified atom stereocenters. The normalized spacial score (nSPS) is 25.1. The van der Waals surface area contributed by atoms with Crippen molar-refractivity contribution in [3.05, 3.63) is 56.1 Å². The highest BCUT2D eigenvalue weighted by molar-refractivity contribution is 7.10. The van der Waals surface area contributed by atoms with Crippen LogP contribution in [-0.4, -0.2) is 24.3 Å². The van der Waals surface area contributed by atoms with Gasteiger partial charge >= 0.3 is 5.97 Å². The highest BCUT2D eigenvalue weighted by Gasteiger charge is 2.48. The van der Waals surface area contributed by atoms with Gasteiger partial charge in [0.05, 0.1) is 6.61 Å². The van der Waals surface area contributed by atoms with E-state index in [-0.39, 0.29) is 36.6 Å². The summed E-state index contributed by atoms with van der Waals surface area (Å²) >= 11 is 3.04. The first-order valence-corrected chi connectivity index (χ1v) is 10.7. The summed E-state index contributed by atoms with van der Waals surface area (Å²) in [7, 11) is 0. The Bertz CT molecular complexity index is 899. The van der Waals surface area contributed by atoms with Crippen molar-refractivity contribution in [2.45, 2.75) is 31.6 Å². The molecule has 2 aromatic heterocycles. The van der Waals surface area contributed by atoms with E-state index in [1.54, 1.807) is 6.92 Å². The summed E-state index contributed by atoms with van der Waals surface area (Å²) < 4.78 is 5.24. The topological polar surface area (TPSA) is 72.5 Å². The van der Waals surface area contributed by atoms with E-state index in [1.807, 2.05) is 35.0 Å². The van der Waals surface area contributed by atoms with Crippen molar-refractivity contribution >= 4 is 40.3 Å². The molecule has 1 aliphatic heterocycles. The van der Waals surface area contributed by atoms with Crippen LogP contribution in [0.2, 0.25) is 0 Å². The number of ether oxygens (including phenoxy) is 1. The van der Waals surface area contributed by atoms with E-state index in [4.69, 9.17) is 4.74 Å². The molecule has 140 valence electrons. The molecule has 3 heterocycles. The van der Waals surface area contributed by atoms with E-state index in [9.17, 15) is 14.4 Å². The van der Waals surface area contributed by atoms with E-state index in [0.717, 1.165) is 9.75 Å². The van der Waals surface area contributed by atoms with Gasteiger partial charge in [-0.15, -0.1) is 22.7 Å². The lowest BCUT2D eigenvalue weighted by atomic mass is 9.70. The van der Waals surface area contributed by atoms with Crippen molar-refractivity contribution in [2.24, 2.45) is 5.92 Å². The summed E-state index contributed by atoms with van der Waals surface area (Å²) in [6.07, 6.45) is 0.684. The summed E-state index contributed by atoms with van der Waals surface area (Å²) in [6.45, 7) is 1.97. The highest BCUT2D eigenvalue weighted by atomic mass is 32.1. The van der Waals surface area contributed by atoms with Gasteiger partial charge in [-0.3, -0.25) is 14.4 Å². The third-order valence-electron chi connectivity index (χ3n) is 5.06. The van der Waals surface area contributed by atoms with Gasteiger partial charge in [-0.05, 0) is 36.2 Å². The minimum Gasteiger partial charge on any atom is -0.465 e. The zero-order valence-corrected chi connectivity index (χ0v) is 16.4. The van der Waals surface area contributed by atoms with Crippen molar-refractivity contribution < 1.29 is 19.1 Å². The van der Waals surface area contributed by atoms with Crippen molar-refractivity contribution in [2.75, 3.05) is 6.61 Å². The molecule has 0 saturated heterocycles. The molecule has 0 bridgehead atoms. The Balaban J connectivity index is 1.80. The molecule has 0 spiro atoms. The molecule has 7 heteroatoms. The highest BCUT2D eigenvalue weighted by Crippen LogP contribution is 2.47. The molecule has 1 aliphatic carbocycles. The number of carbonyl (C=O) groups excluding carboxylic acids is 3. The first kappa shape index (κ1) is 18.1. The number of Topliss-reactive ketones (excluding diaryl/α,β-unsaturated/α-hetero) is 1. The van der Waals surface area contributed by atoms with Crippen LogP contribution in [0, 0.1) is 5.92 Å². The van der Waals surface area contributed by atoms with Crippen LogP contribution in [0.5, 0.6) is 0 Å². The molecule has 0 fully saturated rings. The molecule has 4 rings (SSSR count). The van der Waals surface area contributed by atoms with Crippen LogP contribution in [0.1, 0.15) is 41.4 Å². The second-order valence-corrected chi connectivity index (χ2v) is 8.59. The van der Waals surface area contributed by atoms with Crippen LogP contribution >= 0.6 is 22.7 Å². The predicted molar refractivity (Wildman–Crippen MR) is 104 cm³/mol. The van der Waals surface area contributed by atoms with Gasteiger partial charge in [0.2, 0.25) is 5.91 Å². The molecule has 0 aromatic carbocycles. The molecule has 27 heavy (non-hydrogen) atoms. The van der Waals surface area contributed by atoms with Gasteiger partial charge in [-0.2, -0.15) is 0 Å². The van der Waals surface area contributed by atoms with Crippen LogP contribution < -0.4 is 5.32 Å². The fourth-order valence-electron chi connectivity index (χ4n) is 3.96. The standard InChI is InChI=1S/C20H19NO4S2/c1-2-25-20(24)18-11(14-5-3-7-26-14)9-13-17(19(18)23)12(10-16(22)21-13)15-6-4-8-27-15/h3-8,11-12,18H,2,9-10H2,1H3,(H,21,22)/t11-,12-,18-/m0/s1. The van der Waals surface area contributed by atoms with Gasteiger partial charge in [-0.25, -0.2) is 0 Å². The minimum atomic E-state index is -0.861. The molecule has 2 aliphatic rings. The van der Waals surface area contributed by atoms with Crippen molar-refractivity contribution in [3.8, 4) is 0 Å². The Morgan fingerprint density at radius 3 is 2.48 bits per heavy atom. The average molecular weight is 402 g/mol. The third-order valence-corrected chi connectivity index (χ3v) is 7.05. The Kier molecular flexibility index (Phi) is 4.97. The van der Waals surface area contributed by atoms with Crippen molar-refractivity contribution in [1.82, 2.24) is 5.32 Å². The molecule has 1 N–H and O–H groups in total. The number of rotatable bonds is 4. The fourth-order valence-corrected chi connectivity index (χ4v) is 5.66. The number of carbonyl (C=O) groups is 3. The summed E-state index contributed by atoms with van der Waals surface area (Å²) in [6, 6.07) is 7.69. The zero-order valence-electron chi connectivity index (χ0n) is 14.8. The third kappa shape index (κ3) is 3.26. The second kappa shape index (κ2) is 7.40. The molecule has 0 radical (unpaired) electrons. The number of amides is 1. The lowest BCUT2D eigenvalue weighted by Gasteiger charge is -2.37. The fraction of sp³-hybridized carbons (Fsp3) is 0.350. The van der Waals surface area contributed by atoms with Crippen LogP contribution in [-0.2, 0) is 19.1 Å². The van der Waals surface area contributed by atoms with E-state index in [2.05, 4.69) is 5.32 Å². The van der Waals surface area contributed by atoms with Gasteiger partial charge in [-0.1, -0.05) is 12.1 Å². The molecule has 0 saturated carbocycles. The quantitative estimate of drug-likeness (QED) is 0.628. The smallest absolute Gasteiger partial charge is 0.317 e. The predicted octanol–water partition coefficient (Wildman–Crippen LogP) is 3.60. The summed E-state index contributed by atoms with van der Waals surface area (Å²) in [5, 5.41) is 6.77. The van der Waals surface area contributed by atoms with Crippen LogP contribution in [0.15, 0.2) is 46.3 Å². The Labute approximate surface area is 165 Å². The molecule has 2 aromatic rings. The Morgan fingerprint density at radius 2 is 1.85 bits per heavy atom. The van der Waals surface area contributed by atoms with E-state index in [0.29, 0.717) is 17.7 Å². The Hall–Kier alpha value is -2.25. The van der Waals surface area contributed by atoms with Gasteiger partial charge < -0.3 is 10.1 Å². The minimum absolute atomic E-state index is 0.0838. The largest absolute Gasteiger partial charge is 0.465 e. The van der Waals surface area contributed by atoms with Gasteiger partial charge in [0.15, 0.2) is 5.78 Å². The lowest BCUT2D eigenvalue weighted by molar-refractivity contribution is -0.152. The van der Waals surface area contributed by atoms with Gasteiger partial charge in [0.1, 0.15) is 5.92 Å². The van der Waals surface area contributed by atoms with Crippen molar-refractivity contribution in [3.63, 3.8) is 0 Å². The van der Waals surface area contributed by atoms with E-state index < -0.39 is 11.9 Å². The lowest BCUT2D eigenvalue weighted by Crippen LogP contribution is -2.44. The number of thiophene rings is 2. The molecule has 5 nitrogen and oxygen atoms in total. The van der Waals surface area contributed by atoms with Crippen molar-refractivity contribution in [1.29, 1.82) is 0 Å². The SMILES string of the molecule is CCOC(=O)[C@@H]1C(=O)C2=C(C[C@H]1c1cccs1)NC(=O)C[C@H]2c1cccs1. The number of hydrogen-bond acceptors (Lipinski definition) is 6. The van der Waals surface area contributed by atoms with Crippen LogP contribution in [0.25, 0.3) is 0 Å². The Morgan fingerprint density at radius 1 is 1.15 bits per heavy atom. The van der Waals surface area contributed by atoms with Gasteiger partial charge in [0, 0.05) is 39.3 Å². The first-order chi connectivity index (χ1) is 13.1. The number of allylic oxidation sites excluding steroid dienone is 2. The monoisotopic (exact) mass is 401 g/mol. The van der Waals surface area contributed by atoms with E-state index >= 15 is 0 Å². The molecular formula is C20H19NO4S2. The second-order valence-electron chi connectivity index (χ2n) is 6.63. The number of esters is 1. The maximum absolute atomic E-state index is 13.5. The number of hydrogen-bond donors (Lipinski definition) is 1. The van der Waals surface area contributed by atoms with Crippen LogP contribution in [0.4, 0.5) is 0 Å². The zero-order chi connectivity index (χ0) is 19.0. The number of ketones is 1. The van der Waals surface area contributed by atoms with E-state index in [1.165, 1.54) is 22.7 Å². The summed E-state index contributed by atoms with van der Waals surface area (Å²) in [4.78, 5) is 40.4. The number of nitrogens with one attached hydrogen (secondary N) is 1. The average Bonchev–Trinajstić information content (AvgIpc) is 3.34. The van der Waals surface area contributed by atoms with Crippen LogP contribution in [0.3, 0.4) is 0 Å². The summed E-state index contributed by atoms with van der Waals surface area (Å²) in [5.41, 5.74) is 1.23. The summed E-state index contributed by atoms with van der Waals surface area (Å²) in [5.74, 6) is -2.24. The molecular weight excluding hydrogens is 382 g/mol. The van der Waals surface area contributed by atoms with Gasteiger partial charge in [0.25, 0.3) is 0 Å². The maximum atomic E-state index is 13.5. The molecule has 3 atom stereocenters.